The molecular formula is C13H19F2N3O. The highest BCUT2D eigenvalue weighted by molar-refractivity contribution is 5.42. The molecule has 0 amide bonds. The summed E-state index contributed by atoms with van der Waals surface area (Å²) in [6.45, 7) is 0.823. The van der Waals surface area contributed by atoms with Gasteiger partial charge in [-0.1, -0.05) is 6.92 Å². The summed E-state index contributed by atoms with van der Waals surface area (Å²) in [6, 6.07) is 3.47. The molecule has 0 radical (unpaired) electrons. The van der Waals surface area contributed by atoms with E-state index >= 15 is 0 Å². The highest BCUT2D eigenvalue weighted by atomic mass is 19.3. The van der Waals surface area contributed by atoms with Crippen molar-refractivity contribution in [3.8, 4) is 5.75 Å². The van der Waals surface area contributed by atoms with Crippen LogP contribution in [0.4, 0.5) is 14.6 Å². The topological polar surface area (TPSA) is 51.4 Å². The van der Waals surface area contributed by atoms with Crippen LogP contribution >= 0.6 is 0 Å². The van der Waals surface area contributed by atoms with Gasteiger partial charge < -0.3 is 15.4 Å². The Morgan fingerprint density at radius 2 is 2.32 bits per heavy atom. The lowest BCUT2D eigenvalue weighted by Gasteiger charge is -2.40. The number of halogens is 2. The van der Waals surface area contributed by atoms with Crippen molar-refractivity contribution in [1.29, 1.82) is 0 Å². The Morgan fingerprint density at radius 3 is 2.89 bits per heavy atom. The Morgan fingerprint density at radius 1 is 1.53 bits per heavy atom. The molecule has 0 saturated carbocycles. The first-order valence-electron chi connectivity index (χ1n) is 6.49. The van der Waals surface area contributed by atoms with E-state index < -0.39 is 6.61 Å². The van der Waals surface area contributed by atoms with E-state index in [0.717, 1.165) is 25.2 Å². The van der Waals surface area contributed by atoms with Crippen molar-refractivity contribution in [2.24, 2.45) is 11.7 Å². The molecule has 0 spiro atoms. The first kappa shape index (κ1) is 14.0. The van der Waals surface area contributed by atoms with Gasteiger partial charge in [0.2, 0.25) is 0 Å². The van der Waals surface area contributed by atoms with E-state index in [2.05, 4.69) is 21.5 Å². The fourth-order valence-electron chi connectivity index (χ4n) is 2.61. The Balaban J connectivity index is 2.11. The van der Waals surface area contributed by atoms with Crippen molar-refractivity contribution in [3.63, 3.8) is 0 Å². The van der Waals surface area contributed by atoms with Crippen LogP contribution in [0.5, 0.6) is 5.75 Å². The Kier molecular flexibility index (Phi) is 4.52. The van der Waals surface area contributed by atoms with Crippen molar-refractivity contribution in [2.75, 3.05) is 18.0 Å². The van der Waals surface area contributed by atoms with Crippen LogP contribution < -0.4 is 15.4 Å². The highest BCUT2D eigenvalue weighted by Gasteiger charge is 2.28. The number of nitrogens with two attached hydrogens (primary N) is 1. The first-order valence-corrected chi connectivity index (χ1v) is 6.49. The third kappa shape index (κ3) is 3.32. The largest absolute Gasteiger partial charge is 0.433 e. The molecule has 1 aliphatic rings. The Labute approximate surface area is 111 Å². The molecule has 0 aromatic carbocycles. The number of aromatic nitrogens is 1. The van der Waals surface area contributed by atoms with Crippen LogP contribution in [-0.2, 0) is 0 Å². The maximum atomic E-state index is 12.1. The van der Waals surface area contributed by atoms with Gasteiger partial charge in [0, 0.05) is 19.1 Å². The highest BCUT2D eigenvalue weighted by Crippen LogP contribution is 2.27. The van der Waals surface area contributed by atoms with Crippen molar-refractivity contribution in [1.82, 2.24) is 4.98 Å². The van der Waals surface area contributed by atoms with E-state index in [1.165, 1.54) is 12.3 Å². The fraction of sp³-hybridized carbons (Fsp3) is 0.615. The zero-order valence-corrected chi connectivity index (χ0v) is 10.9. The predicted molar refractivity (Wildman–Crippen MR) is 69.5 cm³/mol. The number of hydrogen-bond donors (Lipinski definition) is 1. The number of piperidine rings is 1. The van der Waals surface area contributed by atoms with Gasteiger partial charge in [-0.15, -0.1) is 0 Å². The van der Waals surface area contributed by atoms with Crippen molar-refractivity contribution in [2.45, 2.75) is 32.4 Å². The molecule has 0 bridgehead atoms. The average molecular weight is 271 g/mol. The minimum absolute atomic E-state index is 0.0770. The molecule has 2 N–H and O–H groups in total. The molecule has 2 rings (SSSR count). The summed E-state index contributed by atoms with van der Waals surface area (Å²) in [5.41, 5.74) is 5.82. The van der Waals surface area contributed by atoms with E-state index in [1.807, 2.05) is 0 Å². The van der Waals surface area contributed by atoms with E-state index in [-0.39, 0.29) is 11.8 Å². The minimum atomic E-state index is -2.82. The molecule has 1 aromatic heterocycles. The van der Waals surface area contributed by atoms with Gasteiger partial charge >= 0.3 is 6.61 Å². The van der Waals surface area contributed by atoms with Gasteiger partial charge in [0.1, 0.15) is 11.6 Å². The predicted octanol–water partition coefficient (Wildman–Crippen LogP) is 2.25. The van der Waals surface area contributed by atoms with Gasteiger partial charge in [0.15, 0.2) is 0 Å². The lowest BCUT2D eigenvalue weighted by Crippen LogP contribution is -2.49. The zero-order valence-electron chi connectivity index (χ0n) is 10.9. The second-order valence-electron chi connectivity index (χ2n) is 4.85. The molecule has 6 heteroatoms. The molecule has 1 saturated heterocycles. The van der Waals surface area contributed by atoms with Crippen LogP contribution in [0.2, 0.25) is 0 Å². The van der Waals surface area contributed by atoms with Crippen LogP contribution in [0.25, 0.3) is 0 Å². The van der Waals surface area contributed by atoms with Gasteiger partial charge in [-0.05, 0) is 30.9 Å². The molecule has 1 fully saturated rings. The summed E-state index contributed by atoms with van der Waals surface area (Å²) < 4.78 is 28.4. The van der Waals surface area contributed by atoms with Crippen LogP contribution in [0.3, 0.4) is 0 Å². The molecule has 106 valence electrons. The van der Waals surface area contributed by atoms with Crippen LogP contribution in [-0.4, -0.2) is 30.7 Å². The molecule has 2 atom stereocenters. The van der Waals surface area contributed by atoms with Crippen LogP contribution in [0, 0.1) is 5.92 Å². The SMILES string of the molecule is CC1CCCN(c2ccc(OC(F)F)cn2)C1CN. The second kappa shape index (κ2) is 6.14. The molecule has 1 aromatic rings. The number of alkyl halides is 2. The molecule has 2 unspecified atom stereocenters. The van der Waals surface area contributed by atoms with E-state index in [4.69, 9.17) is 5.73 Å². The van der Waals surface area contributed by atoms with Gasteiger partial charge in [-0.2, -0.15) is 8.78 Å². The molecule has 1 aliphatic heterocycles. The van der Waals surface area contributed by atoms with E-state index in [9.17, 15) is 8.78 Å². The minimum Gasteiger partial charge on any atom is -0.433 e. The summed E-state index contributed by atoms with van der Waals surface area (Å²) in [6.07, 6.45) is 3.58. The summed E-state index contributed by atoms with van der Waals surface area (Å²) in [5.74, 6) is 1.36. The van der Waals surface area contributed by atoms with Crippen molar-refractivity contribution in [3.05, 3.63) is 18.3 Å². The summed E-state index contributed by atoms with van der Waals surface area (Å²) in [7, 11) is 0. The number of nitrogens with zero attached hydrogens (tertiary/aromatic N) is 2. The summed E-state index contributed by atoms with van der Waals surface area (Å²) in [4.78, 5) is 6.35. The Bertz CT molecular complexity index is 399. The lowest BCUT2D eigenvalue weighted by atomic mass is 9.91. The number of rotatable bonds is 4. The lowest BCUT2D eigenvalue weighted by molar-refractivity contribution is -0.0500. The quantitative estimate of drug-likeness (QED) is 0.912. The van der Waals surface area contributed by atoms with Crippen molar-refractivity contribution < 1.29 is 13.5 Å². The van der Waals surface area contributed by atoms with Gasteiger partial charge in [-0.25, -0.2) is 4.98 Å². The normalized spacial score (nSPS) is 23.7. The molecule has 0 aliphatic carbocycles. The number of anilines is 1. The summed E-state index contributed by atoms with van der Waals surface area (Å²) in [5, 5.41) is 0. The van der Waals surface area contributed by atoms with Crippen LogP contribution in [0.1, 0.15) is 19.8 Å². The fourth-order valence-corrected chi connectivity index (χ4v) is 2.61. The van der Waals surface area contributed by atoms with E-state index in [0.29, 0.717) is 12.5 Å². The number of ether oxygens (including phenoxy) is 1. The molecular weight excluding hydrogens is 252 g/mol. The number of hydrogen-bond acceptors (Lipinski definition) is 4. The average Bonchev–Trinajstić information content (AvgIpc) is 2.38. The smallest absolute Gasteiger partial charge is 0.387 e. The third-order valence-corrected chi connectivity index (χ3v) is 3.60. The molecule has 4 nitrogen and oxygen atoms in total. The Hall–Kier alpha value is -1.43. The molecule has 2 heterocycles. The van der Waals surface area contributed by atoms with Crippen molar-refractivity contribution >= 4 is 5.82 Å². The number of pyridine rings is 1. The standard InChI is InChI=1S/C13H19F2N3O/c1-9-3-2-6-18(11(9)7-16)12-5-4-10(8-17-12)19-13(14)15/h4-5,8-9,11,13H,2-3,6-7,16H2,1H3. The summed E-state index contributed by atoms with van der Waals surface area (Å²) >= 11 is 0. The maximum absolute atomic E-state index is 12.1. The molecule has 19 heavy (non-hydrogen) atoms. The van der Waals surface area contributed by atoms with E-state index in [1.54, 1.807) is 6.07 Å². The third-order valence-electron chi connectivity index (χ3n) is 3.60. The van der Waals surface area contributed by atoms with Gasteiger partial charge in [0.25, 0.3) is 0 Å². The first-order chi connectivity index (χ1) is 9.11. The maximum Gasteiger partial charge on any atom is 0.387 e. The van der Waals surface area contributed by atoms with Gasteiger partial charge in [0.05, 0.1) is 6.20 Å². The van der Waals surface area contributed by atoms with Gasteiger partial charge in [-0.3, -0.25) is 0 Å². The van der Waals surface area contributed by atoms with Crippen LogP contribution in [0.15, 0.2) is 18.3 Å². The zero-order chi connectivity index (χ0) is 13.8. The second-order valence-corrected chi connectivity index (χ2v) is 4.85. The monoisotopic (exact) mass is 271 g/mol.